The second-order valence-electron chi connectivity index (χ2n) is 14.0. The van der Waals surface area contributed by atoms with Crippen molar-refractivity contribution in [1.29, 1.82) is 0 Å². The van der Waals surface area contributed by atoms with Crippen LogP contribution in [0.15, 0.2) is 60.7 Å². The summed E-state index contributed by atoms with van der Waals surface area (Å²) in [5.74, 6) is 0. The van der Waals surface area contributed by atoms with Crippen LogP contribution in [0.1, 0.15) is 97.2 Å². The lowest BCUT2D eigenvalue weighted by molar-refractivity contribution is 0.591. The zero-order valence-corrected chi connectivity index (χ0v) is 27.5. The second kappa shape index (κ2) is 12.5. The zero-order valence-electron chi connectivity index (χ0n) is 27.5. The smallest absolute Gasteiger partial charge is 0.0373 e. The lowest BCUT2D eigenvalue weighted by Gasteiger charge is -2.23. The predicted molar refractivity (Wildman–Crippen MR) is 185 cm³/mol. The van der Waals surface area contributed by atoms with E-state index in [2.05, 4.69) is 118 Å². The molecule has 4 nitrogen and oxygen atoms in total. The number of benzene rings is 4. The van der Waals surface area contributed by atoms with E-state index in [9.17, 15) is 0 Å². The molecular weight excluding hydrogens is 512 g/mol. The van der Waals surface area contributed by atoms with Crippen LogP contribution in [0, 0.1) is 27.7 Å². The summed E-state index contributed by atoms with van der Waals surface area (Å²) in [5, 5.41) is 0. The summed E-state index contributed by atoms with van der Waals surface area (Å²) in [6.45, 7) is 21.4. The van der Waals surface area contributed by atoms with Gasteiger partial charge in [-0.1, -0.05) is 90.1 Å². The molecule has 0 spiro atoms. The molecule has 0 bridgehead atoms. The molecule has 4 heteroatoms. The van der Waals surface area contributed by atoms with Crippen molar-refractivity contribution in [2.24, 2.45) is 0 Å². The minimum atomic E-state index is 0.0534. The van der Waals surface area contributed by atoms with Gasteiger partial charge in [-0.3, -0.25) is 0 Å². The van der Waals surface area contributed by atoms with E-state index >= 15 is 0 Å². The summed E-state index contributed by atoms with van der Waals surface area (Å²) in [4.78, 5) is 0. The Bertz CT molecular complexity index is 1400. The van der Waals surface area contributed by atoms with Crippen LogP contribution >= 0.6 is 0 Å². The number of hydrogen-bond acceptors (Lipinski definition) is 4. The highest BCUT2D eigenvalue weighted by atomic mass is 14.6. The van der Waals surface area contributed by atoms with Crippen molar-refractivity contribution in [3.05, 3.63) is 116 Å². The molecule has 224 valence electrons. The van der Waals surface area contributed by atoms with Crippen LogP contribution in [-0.2, 0) is 23.7 Å². The van der Waals surface area contributed by atoms with E-state index in [0.717, 1.165) is 57.8 Å². The van der Waals surface area contributed by atoms with E-state index in [1.807, 2.05) is 12.1 Å². The van der Waals surface area contributed by atoms with Crippen molar-refractivity contribution < 1.29 is 0 Å². The largest absolute Gasteiger partial charge is 0.398 e. The number of aryl methyl sites for hydroxylation is 4. The third-order valence-corrected chi connectivity index (χ3v) is 7.97. The van der Waals surface area contributed by atoms with Gasteiger partial charge in [-0.15, -0.1) is 0 Å². The van der Waals surface area contributed by atoms with Crippen molar-refractivity contribution in [3.8, 4) is 0 Å². The molecule has 42 heavy (non-hydrogen) atoms. The Kier molecular flexibility index (Phi) is 9.72. The van der Waals surface area contributed by atoms with Crippen LogP contribution in [0.3, 0.4) is 0 Å². The lowest BCUT2D eigenvalue weighted by Crippen LogP contribution is -2.15. The van der Waals surface area contributed by atoms with Crippen molar-refractivity contribution in [2.45, 2.75) is 92.9 Å². The van der Waals surface area contributed by atoms with Crippen molar-refractivity contribution in [3.63, 3.8) is 0 Å². The molecule has 0 heterocycles. The van der Waals surface area contributed by atoms with E-state index < -0.39 is 0 Å². The predicted octanol–water partition coefficient (Wildman–Crippen LogP) is 8.71. The van der Waals surface area contributed by atoms with Gasteiger partial charge in [0.1, 0.15) is 0 Å². The third-order valence-electron chi connectivity index (χ3n) is 7.97. The summed E-state index contributed by atoms with van der Waals surface area (Å²) >= 11 is 0. The molecule has 4 aromatic rings. The van der Waals surface area contributed by atoms with Gasteiger partial charge in [0.25, 0.3) is 0 Å². The first-order valence-corrected chi connectivity index (χ1v) is 14.9. The fraction of sp³-hybridized carbons (Fsp3) is 0.368. The van der Waals surface area contributed by atoms with Crippen molar-refractivity contribution >= 4 is 22.7 Å². The van der Waals surface area contributed by atoms with Crippen LogP contribution in [0.5, 0.6) is 0 Å². The summed E-state index contributed by atoms with van der Waals surface area (Å²) in [5.41, 5.74) is 40.1. The van der Waals surface area contributed by atoms with E-state index in [0.29, 0.717) is 0 Å². The van der Waals surface area contributed by atoms with Crippen LogP contribution in [0.25, 0.3) is 0 Å². The molecule has 0 fully saturated rings. The number of rotatable bonds is 4. The van der Waals surface area contributed by atoms with E-state index in [4.69, 9.17) is 22.9 Å². The first-order chi connectivity index (χ1) is 19.4. The summed E-state index contributed by atoms with van der Waals surface area (Å²) in [7, 11) is 0. The quantitative estimate of drug-likeness (QED) is 0.186. The van der Waals surface area contributed by atoms with E-state index in [-0.39, 0.29) is 10.8 Å². The zero-order chi connectivity index (χ0) is 31.6. The molecule has 0 radical (unpaired) electrons. The summed E-state index contributed by atoms with van der Waals surface area (Å²) in [6.07, 6.45) is 1.82. The molecule has 0 saturated carbocycles. The second-order valence-corrected chi connectivity index (χ2v) is 14.0. The standard InChI is InChI=1S/C21H30N2.C17H22N2/c1-20(2,3)16-12-14(7-9-18(16)22)11-15-8-10-19(23)17(13-15)21(4,5)6;1-10-5-14(6-11(2)16(10)18)9-15-7-12(3)17(19)13(4)8-15/h7-10,12-13H,11,22-23H2,1-6H3;5-8H,9,18-19H2,1-4H3. The highest BCUT2D eigenvalue weighted by Crippen LogP contribution is 2.32. The van der Waals surface area contributed by atoms with Crippen LogP contribution < -0.4 is 22.9 Å². The Hall–Kier alpha value is -3.92. The first-order valence-electron chi connectivity index (χ1n) is 14.9. The minimum absolute atomic E-state index is 0.0534. The number of hydrogen-bond donors (Lipinski definition) is 4. The molecule has 0 saturated heterocycles. The number of anilines is 4. The molecule has 0 aliphatic rings. The van der Waals surface area contributed by atoms with Gasteiger partial charge in [0, 0.05) is 22.7 Å². The highest BCUT2D eigenvalue weighted by Gasteiger charge is 2.19. The molecule has 0 amide bonds. The molecule has 4 aromatic carbocycles. The maximum atomic E-state index is 6.15. The Morgan fingerprint density at radius 3 is 1.00 bits per heavy atom. The molecule has 8 N–H and O–H groups in total. The van der Waals surface area contributed by atoms with Crippen LogP contribution in [0.2, 0.25) is 0 Å². The van der Waals surface area contributed by atoms with Gasteiger partial charge in [-0.05, 0) is 119 Å². The summed E-state index contributed by atoms with van der Waals surface area (Å²) < 4.78 is 0. The van der Waals surface area contributed by atoms with Gasteiger partial charge in [-0.25, -0.2) is 0 Å². The molecule has 0 aliphatic heterocycles. The van der Waals surface area contributed by atoms with Crippen LogP contribution in [-0.4, -0.2) is 0 Å². The SMILES string of the molecule is CC(C)(C)c1cc(Cc2ccc(N)c(C(C)(C)C)c2)ccc1N.Cc1cc(Cc2cc(C)c(N)c(C)c2)cc(C)c1N. The Morgan fingerprint density at radius 1 is 0.429 bits per heavy atom. The van der Waals surface area contributed by atoms with Gasteiger partial charge in [0.05, 0.1) is 0 Å². The van der Waals surface area contributed by atoms with Crippen molar-refractivity contribution in [2.75, 3.05) is 22.9 Å². The number of nitrogen functional groups attached to an aromatic ring is 4. The molecular formula is C38H52N4. The monoisotopic (exact) mass is 564 g/mol. The maximum Gasteiger partial charge on any atom is 0.0373 e. The fourth-order valence-corrected chi connectivity index (χ4v) is 5.53. The molecule has 0 atom stereocenters. The minimum Gasteiger partial charge on any atom is -0.398 e. The average Bonchev–Trinajstić information content (AvgIpc) is 2.87. The van der Waals surface area contributed by atoms with E-state index in [1.54, 1.807) is 0 Å². The van der Waals surface area contributed by atoms with Gasteiger partial charge in [0.2, 0.25) is 0 Å². The molecule has 0 unspecified atom stereocenters. The fourth-order valence-electron chi connectivity index (χ4n) is 5.53. The maximum absolute atomic E-state index is 6.15. The highest BCUT2D eigenvalue weighted by molar-refractivity contribution is 5.58. The molecule has 4 rings (SSSR count). The Morgan fingerprint density at radius 2 is 0.714 bits per heavy atom. The third kappa shape index (κ3) is 8.09. The average molecular weight is 565 g/mol. The topological polar surface area (TPSA) is 104 Å². The van der Waals surface area contributed by atoms with Crippen molar-refractivity contribution in [1.82, 2.24) is 0 Å². The van der Waals surface area contributed by atoms with Gasteiger partial charge < -0.3 is 22.9 Å². The molecule has 0 aromatic heterocycles. The summed E-state index contributed by atoms with van der Waals surface area (Å²) in [6, 6.07) is 21.5. The Labute approximate surface area is 254 Å². The number of nitrogens with two attached hydrogens (primary N) is 4. The van der Waals surface area contributed by atoms with Gasteiger partial charge >= 0.3 is 0 Å². The van der Waals surface area contributed by atoms with Gasteiger partial charge in [0.15, 0.2) is 0 Å². The van der Waals surface area contributed by atoms with Crippen LogP contribution in [0.4, 0.5) is 22.7 Å². The molecule has 0 aliphatic carbocycles. The first kappa shape index (κ1) is 32.6. The Balaban J connectivity index is 0.000000235. The lowest BCUT2D eigenvalue weighted by atomic mass is 9.83. The normalized spacial score (nSPS) is 11.7. The van der Waals surface area contributed by atoms with Gasteiger partial charge in [-0.2, -0.15) is 0 Å². The van der Waals surface area contributed by atoms with E-state index in [1.165, 1.54) is 33.4 Å².